The SMILES string of the molecule is CC(C)(O)c1cc2nn(C3CCC(N4CCN(C(=O)C5CN(c6ccc7c(c6)C(=O)N(C6CCC(=O)NC6=O)C7=O)C5)CC4)CC3)cc2cc1NC(=O)c1ccc2cc(C#N)cnn12. The average molecular weight is 866 g/mol. The minimum Gasteiger partial charge on any atom is -0.386 e. The van der Waals surface area contributed by atoms with Crippen LogP contribution >= 0.6 is 0 Å². The lowest BCUT2D eigenvalue weighted by Gasteiger charge is -2.45. The van der Waals surface area contributed by atoms with Crippen LogP contribution in [0.15, 0.2) is 60.9 Å². The van der Waals surface area contributed by atoms with Crippen molar-refractivity contribution < 1.29 is 33.9 Å². The van der Waals surface area contributed by atoms with Crippen molar-refractivity contribution in [2.45, 2.75) is 76.1 Å². The van der Waals surface area contributed by atoms with Crippen molar-refractivity contribution in [3.8, 4) is 6.07 Å². The van der Waals surface area contributed by atoms with Crippen LogP contribution in [-0.2, 0) is 20.0 Å². The lowest BCUT2D eigenvalue weighted by molar-refractivity contribution is -0.139. The van der Waals surface area contributed by atoms with Gasteiger partial charge in [-0.25, -0.2) is 4.52 Å². The third-order valence-electron chi connectivity index (χ3n) is 13.6. The van der Waals surface area contributed by atoms with Crippen molar-refractivity contribution in [2.75, 3.05) is 49.5 Å². The van der Waals surface area contributed by atoms with Gasteiger partial charge in [-0.15, -0.1) is 0 Å². The first-order valence-electron chi connectivity index (χ1n) is 21.8. The van der Waals surface area contributed by atoms with Crippen LogP contribution in [0.1, 0.15) is 101 Å². The number of piperidine rings is 1. The van der Waals surface area contributed by atoms with E-state index < -0.39 is 41.2 Å². The number of carbonyl (C=O) groups excluding carboxylic acids is 6. The van der Waals surface area contributed by atoms with Crippen molar-refractivity contribution in [1.82, 2.24) is 39.4 Å². The van der Waals surface area contributed by atoms with Crippen molar-refractivity contribution in [3.05, 3.63) is 88.9 Å². The number of benzene rings is 2. The molecule has 4 fully saturated rings. The third-order valence-corrected chi connectivity index (χ3v) is 13.6. The van der Waals surface area contributed by atoms with Gasteiger partial charge in [-0.1, -0.05) is 0 Å². The largest absolute Gasteiger partial charge is 0.386 e. The molecule has 0 bridgehead atoms. The number of amides is 6. The Labute approximate surface area is 367 Å². The van der Waals surface area contributed by atoms with Gasteiger partial charge < -0.3 is 20.2 Å². The summed E-state index contributed by atoms with van der Waals surface area (Å²) in [6.07, 6.45) is 7.45. The average Bonchev–Trinajstić information content (AvgIpc) is 3.96. The number of aliphatic hydroxyl groups is 1. The Kier molecular flexibility index (Phi) is 10.1. The predicted molar refractivity (Wildman–Crippen MR) is 231 cm³/mol. The van der Waals surface area contributed by atoms with E-state index in [1.54, 1.807) is 50.2 Å². The van der Waals surface area contributed by atoms with Gasteiger partial charge in [-0.05, 0) is 94.5 Å². The molecule has 1 saturated carbocycles. The van der Waals surface area contributed by atoms with Crippen LogP contribution in [0.3, 0.4) is 0 Å². The fraction of sp³-hybridized carbons (Fsp3) is 0.413. The Balaban J connectivity index is 0.719. The zero-order valence-corrected chi connectivity index (χ0v) is 35.5. The van der Waals surface area contributed by atoms with Crippen LogP contribution in [0.4, 0.5) is 11.4 Å². The molecule has 1 unspecified atom stereocenters. The zero-order valence-electron chi connectivity index (χ0n) is 35.5. The Morgan fingerprint density at radius 2 is 1.62 bits per heavy atom. The molecule has 4 aliphatic heterocycles. The number of carbonyl (C=O) groups is 6. The summed E-state index contributed by atoms with van der Waals surface area (Å²) in [5.74, 6) is -2.60. The number of fused-ring (bicyclic) bond motifs is 3. The number of nitrogens with zero attached hydrogens (tertiary/aromatic N) is 9. The van der Waals surface area contributed by atoms with Gasteiger partial charge in [0.25, 0.3) is 17.7 Å². The van der Waals surface area contributed by atoms with Crippen LogP contribution in [0.5, 0.6) is 0 Å². The quantitative estimate of drug-likeness (QED) is 0.192. The highest BCUT2D eigenvalue weighted by Gasteiger charge is 2.45. The molecule has 5 aliphatic rings. The molecule has 3 aromatic heterocycles. The lowest BCUT2D eigenvalue weighted by atomic mass is 9.89. The molecular weight excluding hydrogens is 819 g/mol. The van der Waals surface area contributed by atoms with Crippen LogP contribution in [-0.4, -0.2) is 126 Å². The van der Waals surface area contributed by atoms with Crippen molar-refractivity contribution in [2.24, 2.45) is 5.92 Å². The number of rotatable bonds is 8. The van der Waals surface area contributed by atoms with Crippen molar-refractivity contribution in [3.63, 3.8) is 0 Å². The van der Waals surface area contributed by atoms with E-state index in [-0.39, 0.29) is 41.8 Å². The zero-order chi connectivity index (χ0) is 44.6. The second-order valence-electron chi connectivity index (χ2n) is 18.1. The lowest BCUT2D eigenvalue weighted by Crippen LogP contribution is -2.59. The first kappa shape index (κ1) is 41.1. The van der Waals surface area contributed by atoms with Crippen molar-refractivity contribution >= 4 is 63.2 Å². The fourth-order valence-electron chi connectivity index (χ4n) is 10.1. The van der Waals surface area contributed by atoms with E-state index in [1.807, 2.05) is 32.8 Å². The molecule has 1 atom stereocenters. The van der Waals surface area contributed by atoms with Gasteiger partial charge >= 0.3 is 0 Å². The second-order valence-corrected chi connectivity index (χ2v) is 18.1. The molecule has 6 amide bonds. The van der Waals surface area contributed by atoms with Gasteiger partial charge in [0.05, 0.1) is 51.5 Å². The monoisotopic (exact) mass is 865 g/mol. The molecule has 10 rings (SSSR count). The first-order chi connectivity index (χ1) is 30.7. The summed E-state index contributed by atoms with van der Waals surface area (Å²) >= 11 is 0. The molecule has 328 valence electrons. The summed E-state index contributed by atoms with van der Waals surface area (Å²) in [5, 5.41) is 35.6. The normalized spacial score (nSPS) is 22.2. The van der Waals surface area contributed by atoms with Gasteiger partial charge in [-0.2, -0.15) is 15.5 Å². The molecule has 7 heterocycles. The highest BCUT2D eigenvalue weighted by Crippen LogP contribution is 2.37. The molecule has 64 heavy (non-hydrogen) atoms. The third kappa shape index (κ3) is 7.23. The van der Waals surface area contributed by atoms with E-state index in [1.165, 1.54) is 10.7 Å². The summed E-state index contributed by atoms with van der Waals surface area (Å²) in [4.78, 5) is 85.1. The summed E-state index contributed by atoms with van der Waals surface area (Å²) in [7, 11) is 0. The Hall–Kier alpha value is -6.97. The molecule has 2 aromatic carbocycles. The summed E-state index contributed by atoms with van der Waals surface area (Å²) < 4.78 is 3.50. The van der Waals surface area contributed by atoms with Crippen LogP contribution in [0, 0.1) is 17.2 Å². The van der Waals surface area contributed by atoms with Gasteiger partial charge in [0, 0.05) is 80.3 Å². The minimum absolute atomic E-state index is 0.0577. The maximum Gasteiger partial charge on any atom is 0.274 e. The number of nitriles is 1. The highest BCUT2D eigenvalue weighted by atomic mass is 16.3. The van der Waals surface area contributed by atoms with E-state index in [2.05, 4.69) is 26.7 Å². The second kappa shape index (κ2) is 15.7. The summed E-state index contributed by atoms with van der Waals surface area (Å²) in [6.45, 7) is 7.29. The smallest absolute Gasteiger partial charge is 0.274 e. The molecule has 18 nitrogen and oxygen atoms in total. The molecule has 0 spiro atoms. The van der Waals surface area contributed by atoms with E-state index in [9.17, 15) is 39.1 Å². The number of anilines is 2. The molecule has 5 aromatic rings. The number of aromatic nitrogens is 4. The topological polar surface area (TPSA) is 219 Å². The van der Waals surface area contributed by atoms with Gasteiger partial charge in [0.15, 0.2) is 0 Å². The number of imide groups is 2. The minimum atomic E-state index is -1.27. The molecule has 3 N–H and O–H groups in total. The highest BCUT2D eigenvalue weighted by molar-refractivity contribution is 6.23. The summed E-state index contributed by atoms with van der Waals surface area (Å²) in [6, 6.07) is 15.4. The number of nitrogens with one attached hydrogen (secondary N) is 2. The molecule has 1 aliphatic carbocycles. The standard InChI is InChI=1S/C46H47N11O7/c1-46(2,64)35-20-36-27(18-37(35)49-42(60)39-10-8-32-17-26(21-47)22-48-57(32)39)25-55(51-36)30-5-3-29(4-6-30)52-13-15-53(16-14-52)43(61)28-23-54(24-28)31-7-9-33-34(19-31)45(63)56(44(33)62)38-11-12-40(58)50-41(38)59/h7-10,17-20,22,25,28-30,38,64H,3-6,11-16,23-24H2,1-2H3,(H,49,60)(H,50,58,59). The van der Waals surface area contributed by atoms with Gasteiger partial charge in [-0.3, -0.25) is 48.6 Å². The summed E-state index contributed by atoms with van der Waals surface area (Å²) in [5.41, 5.74) is 2.97. The van der Waals surface area contributed by atoms with E-state index >= 15 is 0 Å². The van der Waals surface area contributed by atoms with Crippen LogP contribution < -0.4 is 15.5 Å². The number of piperazine rings is 1. The Bertz CT molecular complexity index is 2830. The maximum atomic E-state index is 13.6. The Morgan fingerprint density at radius 1 is 0.891 bits per heavy atom. The van der Waals surface area contributed by atoms with E-state index in [0.29, 0.717) is 60.2 Å². The first-order valence-corrected chi connectivity index (χ1v) is 21.8. The number of hydrogen-bond acceptors (Lipinski definition) is 12. The number of hydrogen-bond donors (Lipinski definition) is 3. The fourth-order valence-corrected chi connectivity index (χ4v) is 10.1. The van der Waals surface area contributed by atoms with Gasteiger partial charge in [0.2, 0.25) is 17.7 Å². The molecule has 3 saturated heterocycles. The van der Waals surface area contributed by atoms with Crippen molar-refractivity contribution in [1.29, 1.82) is 5.26 Å². The van der Waals surface area contributed by atoms with E-state index in [4.69, 9.17) is 5.10 Å². The Morgan fingerprint density at radius 3 is 2.34 bits per heavy atom. The van der Waals surface area contributed by atoms with Gasteiger partial charge in [0.1, 0.15) is 17.8 Å². The van der Waals surface area contributed by atoms with E-state index in [0.717, 1.165) is 60.3 Å². The van der Waals surface area contributed by atoms with Crippen LogP contribution in [0.2, 0.25) is 0 Å². The van der Waals surface area contributed by atoms with Crippen LogP contribution in [0.25, 0.3) is 16.4 Å². The molecule has 18 heteroatoms. The molecular formula is C46H47N11O7. The predicted octanol–water partition coefficient (Wildman–Crippen LogP) is 3.20. The maximum absolute atomic E-state index is 13.6. The molecule has 0 radical (unpaired) electrons.